The predicted octanol–water partition coefficient (Wildman–Crippen LogP) is 4.04. The molecular weight excluding hydrogens is 462 g/mol. The van der Waals surface area contributed by atoms with Crippen molar-refractivity contribution < 1.29 is 17.9 Å². The van der Waals surface area contributed by atoms with Crippen molar-refractivity contribution in [1.29, 1.82) is 0 Å². The van der Waals surface area contributed by atoms with Gasteiger partial charge in [0, 0.05) is 52.7 Å². The summed E-state index contributed by atoms with van der Waals surface area (Å²) in [5, 5.41) is 3.17. The predicted molar refractivity (Wildman–Crippen MR) is 128 cm³/mol. The third-order valence-corrected chi connectivity index (χ3v) is 7.09. The number of carbonyl (C=O) groups is 1. The van der Waals surface area contributed by atoms with Gasteiger partial charge in [-0.05, 0) is 54.8 Å². The Hall–Kier alpha value is -3.50. The van der Waals surface area contributed by atoms with E-state index in [-0.39, 0.29) is 11.5 Å². The normalized spacial score (nSPS) is 13.8. The molecule has 1 aliphatic carbocycles. The number of nitrogens with one attached hydrogen (secondary N) is 2. The van der Waals surface area contributed by atoms with Crippen molar-refractivity contribution in [2.45, 2.75) is 19.8 Å². The smallest absolute Gasteiger partial charge is 0.284 e. The maximum Gasteiger partial charge on any atom is 0.284 e. The van der Waals surface area contributed by atoms with Crippen molar-refractivity contribution in [1.82, 2.24) is 9.97 Å². The molecule has 0 atom stereocenters. The van der Waals surface area contributed by atoms with E-state index in [1.165, 1.54) is 23.7 Å². The number of rotatable bonds is 6. The standard InChI is InChI=1S/C23H21N3O5S2/c1-14-13-25-23(32-14)22(28)26-17-9-16(15-7-8-24-21(27)11-15)10-19(12-17)31-18-3-5-20(6-4-18)33(2,29)30/h3,5,7-13H,4,6H2,1-2H3,(H,24,27)(H,26,28). The number of carbonyl (C=O) groups excluding carboxylic acids is 1. The zero-order valence-electron chi connectivity index (χ0n) is 17.9. The van der Waals surface area contributed by atoms with Crippen molar-refractivity contribution in [3.63, 3.8) is 0 Å². The molecule has 0 radical (unpaired) electrons. The monoisotopic (exact) mass is 483 g/mol. The second kappa shape index (κ2) is 9.16. The number of benzene rings is 1. The lowest BCUT2D eigenvalue weighted by atomic mass is 10.1. The molecule has 0 fully saturated rings. The molecular formula is C23H21N3O5S2. The van der Waals surface area contributed by atoms with E-state index in [0.29, 0.717) is 51.1 Å². The number of sulfone groups is 1. The molecule has 0 saturated carbocycles. The highest BCUT2D eigenvalue weighted by molar-refractivity contribution is 7.94. The van der Waals surface area contributed by atoms with E-state index in [1.54, 1.807) is 48.8 Å². The van der Waals surface area contributed by atoms with Crippen molar-refractivity contribution in [2.24, 2.45) is 0 Å². The zero-order chi connectivity index (χ0) is 23.6. The Morgan fingerprint density at radius 2 is 1.97 bits per heavy atom. The Balaban J connectivity index is 1.67. The summed E-state index contributed by atoms with van der Waals surface area (Å²) in [5.41, 5.74) is 1.55. The molecule has 4 rings (SSSR count). The van der Waals surface area contributed by atoms with Gasteiger partial charge < -0.3 is 15.0 Å². The molecule has 0 aliphatic heterocycles. The van der Waals surface area contributed by atoms with Gasteiger partial charge in [-0.1, -0.05) is 0 Å². The average molecular weight is 484 g/mol. The molecule has 2 N–H and O–H groups in total. The van der Waals surface area contributed by atoms with Gasteiger partial charge in [-0.25, -0.2) is 13.4 Å². The van der Waals surface area contributed by atoms with E-state index in [9.17, 15) is 18.0 Å². The fourth-order valence-corrected chi connectivity index (χ4v) is 4.76. The lowest BCUT2D eigenvalue weighted by Gasteiger charge is -2.16. The SMILES string of the molecule is Cc1cnc(C(=O)Nc2cc(OC3=CC=C(S(C)(=O)=O)CC3)cc(-c3cc[nH]c(=O)c3)c2)s1. The van der Waals surface area contributed by atoms with Crippen LogP contribution in [0.25, 0.3) is 11.1 Å². The molecule has 0 spiro atoms. The number of aromatic amines is 1. The van der Waals surface area contributed by atoms with Crippen LogP contribution in [-0.4, -0.2) is 30.5 Å². The first-order valence-electron chi connectivity index (χ1n) is 10.0. The number of H-pyrrole nitrogens is 1. The first-order valence-corrected chi connectivity index (χ1v) is 12.7. The van der Waals surface area contributed by atoms with Gasteiger partial charge in [-0.3, -0.25) is 9.59 Å². The van der Waals surface area contributed by atoms with Crippen LogP contribution in [0.4, 0.5) is 5.69 Å². The minimum absolute atomic E-state index is 0.254. The van der Waals surface area contributed by atoms with Crippen LogP contribution in [0.2, 0.25) is 0 Å². The van der Waals surface area contributed by atoms with E-state index >= 15 is 0 Å². The number of nitrogens with zero attached hydrogens (tertiary/aromatic N) is 1. The van der Waals surface area contributed by atoms with Gasteiger partial charge in [0.25, 0.3) is 5.91 Å². The number of pyridine rings is 1. The van der Waals surface area contributed by atoms with E-state index < -0.39 is 9.84 Å². The fourth-order valence-electron chi connectivity index (χ4n) is 3.31. The fraction of sp³-hybridized carbons (Fsp3) is 0.174. The number of allylic oxidation sites excluding steroid dienone is 4. The molecule has 2 heterocycles. The Morgan fingerprint density at radius 3 is 2.61 bits per heavy atom. The van der Waals surface area contributed by atoms with Gasteiger partial charge in [-0.15, -0.1) is 11.3 Å². The van der Waals surface area contributed by atoms with Crippen LogP contribution in [0.3, 0.4) is 0 Å². The maximum absolute atomic E-state index is 12.6. The van der Waals surface area contributed by atoms with E-state index in [0.717, 1.165) is 4.88 Å². The van der Waals surface area contributed by atoms with Crippen LogP contribution >= 0.6 is 11.3 Å². The van der Waals surface area contributed by atoms with E-state index in [1.807, 2.05) is 6.92 Å². The first-order chi connectivity index (χ1) is 15.7. The summed E-state index contributed by atoms with van der Waals surface area (Å²) in [6.07, 6.45) is 8.32. The summed E-state index contributed by atoms with van der Waals surface area (Å²) < 4.78 is 29.5. The number of amides is 1. The summed E-state index contributed by atoms with van der Waals surface area (Å²) in [7, 11) is -3.24. The summed E-state index contributed by atoms with van der Waals surface area (Å²) in [6.45, 7) is 1.87. The molecule has 0 saturated heterocycles. The number of ether oxygens (including phenoxy) is 1. The number of aromatic nitrogens is 2. The van der Waals surface area contributed by atoms with Crippen LogP contribution in [0.5, 0.6) is 5.75 Å². The summed E-state index contributed by atoms with van der Waals surface area (Å²) in [6, 6.07) is 8.38. The number of aryl methyl sites for hydroxylation is 1. The van der Waals surface area contributed by atoms with Crippen LogP contribution in [0, 0.1) is 6.92 Å². The van der Waals surface area contributed by atoms with Gasteiger partial charge in [0.05, 0.1) is 0 Å². The van der Waals surface area contributed by atoms with Gasteiger partial charge in [-0.2, -0.15) is 0 Å². The van der Waals surface area contributed by atoms with Gasteiger partial charge in [0.2, 0.25) is 5.56 Å². The molecule has 33 heavy (non-hydrogen) atoms. The molecule has 10 heteroatoms. The molecule has 1 amide bonds. The summed E-state index contributed by atoms with van der Waals surface area (Å²) >= 11 is 1.29. The highest BCUT2D eigenvalue weighted by Gasteiger charge is 2.17. The summed E-state index contributed by atoms with van der Waals surface area (Å²) in [4.78, 5) is 32.4. The molecule has 8 nitrogen and oxygen atoms in total. The third-order valence-electron chi connectivity index (χ3n) is 4.89. The van der Waals surface area contributed by atoms with Crippen LogP contribution in [0.1, 0.15) is 27.5 Å². The zero-order valence-corrected chi connectivity index (χ0v) is 19.5. The van der Waals surface area contributed by atoms with Crippen LogP contribution in [-0.2, 0) is 9.84 Å². The van der Waals surface area contributed by atoms with Crippen molar-refractivity contribution in [3.05, 3.63) is 85.8 Å². The maximum atomic E-state index is 12.6. The Morgan fingerprint density at radius 1 is 1.15 bits per heavy atom. The third kappa shape index (κ3) is 5.65. The second-order valence-corrected chi connectivity index (χ2v) is 10.9. The van der Waals surface area contributed by atoms with Crippen molar-refractivity contribution >= 4 is 32.8 Å². The van der Waals surface area contributed by atoms with Crippen molar-refractivity contribution in [3.8, 4) is 16.9 Å². The topological polar surface area (TPSA) is 118 Å². The largest absolute Gasteiger partial charge is 0.462 e. The number of hydrogen-bond donors (Lipinski definition) is 2. The summed E-state index contributed by atoms with van der Waals surface area (Å²) in [5.74, 6) is 0.693. The first kappa shape index (κ1) is 22.7. The lowest BCUT2D eigenvalue weighted by molar-refractivity contribution is 0.102. The molecule has 3 aromatic rings. The van der Waals surface area contributed by atoms with Gasteiger partial charge in [0.15, 0.2) is 14.8 Å². The molecule has 0 bridgehead atoms. The lowest BCUT2D eigenvalue weighted by Crippen LogP contribution is -2.12. The number of anilines is 1. The Labute approximate surface area is 194 Å². The molecule has 170 valence electrons. The van der Waals surface area contributed by atoms with E-state index in [4.69, 9.17) is 4.74 Å². The average Bonchev–Trinajstić information content (AvgIpc) is 3.20. The minimum Gasteiger partial charge on any atom is -0.462 e. The van der Waals surface area contributed by atoms with Gasteiger partial charge >= 0.3 is 0 Å². The highest BCUT2D eigenvalue weighted by Crippen LogP contribution is 2.31. The Kier molecular flexibility index (Phi) is 6.30. The van der Waals surface area contributed by atoms with Gasteiger partial charge in [0.1, 0.15) is 11.5 Å². The highest BCUT2D eigenvalue weighted by atomic mass is 32.2. The minimum atomic E-state index is -3.24. The number of hydrogen-bond acceptors (Lipinski definition) is 7. The van der Waals surface area contributed by atoms with Crippen molar-refractivity contribution in [2.75, 3.05) is 11.6 Å². The Bertz CT molecular complexity index is 1450. The quantitative estimate of drug-likeness (QED) is 0.546. The number of thiazole rings is 1. The molecule has 1 aliphatic rings. The second-order valence-electron chi connectivity index (χ2n) is 7.56. The molecule has 0 unspecified atom stereocenters. The van der Waals surface area contributed by atoms with Crippen LogP contribution < -0.4 is 15.6 Å². The van der Waals surface area contributed by atoms with Crippen LogP contribution in [0.15, 0.2) is 70.3 Å². The van der Waals surface area contributed by atoms with E-state index in [2.05, 4.69) is 15.3 Å². The molecule has 1 aromatic carbocycles. The molecule has 2 aromatic heterocycles.